The van der Waals surface area contributed by atoms with Crippen molar-refractivity contribution in [1.29, 1.82) is 0 Å². The Labute approximate surface area is 141 Å². The van der Waals surface area contributed by atoms with E-state index in [9.17, 15) is 4.79 Å². The number of anilines is 1. The summed E-state index contributed by atoms with van der Waals surface area (Å²) in [6, 6.07) is 16.9. The lowest BCUT2D eigenvalue weighted by Crippen LogP contribution is -2.48. The molecule has 1 amide bonds. The van der Waals surface area contributed by atoms with Gasteiger partial charge in [0.2, 0.25) is 0 Å². The van der Waals surface area contributed by atoms with E-state index >= 15 is 0 Å². The van der Waals surface area contributed by atoms with Crippen molar-refractivity contribution in [1.82, 2.24) is 10.9 Å². The number of hydrogen-bond acceptors (Lipinski definition) is 3. The maximum absolute atomic E-state index is 12.0. The Morgan fingerprint density at radius 3 is 2.35 bits per heavy atom. The fraction of sp³-hybridized carbons (Fsp3) is 0.176. The fourth-order valence-electron chi connectivity index (χ4n) is 1.78. The largest absolute Gasteiger partial charge is 0.481 e. The molecule has 23 heavy (non-hydrogen) atoms. The highest BCUT2D eigenvalue weighted by Gasteiger charge is 2.14. The van der Waals surface area contributed by atoms with Crippen LogP contribution in [0.4, 0.5) is 5.69 Å². The minimum Gasteiger partial charge on any atom is -0.481 e. The van der Waals surface area contributed by atoms with Crippen molar-refractivity contribution in [3.63, 3.8) is 0 Å². The van der Waals surface area contributed by atoms with Gasteiger partial charge in [-0.25, -0.2) is 0 Å². The molecule has 0 heterocycles. The van der Waals surface area contributed by atoms with E-state index in [0.29, 0.717) is 10.9 Å². The van der Waals surface area contributed by atoms with Gasteiger partial charge >= 0.3 is 0 Å². The number of carbonyl (C=O) groups excluding carboxylic acids is 1. The van der Waals surface area contributed by atoms with Crippen LogP contribution < -0.4 is 20.9 Å². The summed E-state index contributed by atoms with van der Waals surface area (Å²) in [5.74, 6) is 0.325. The van der Waals surface area contributed by atoms with Crippen LogP contribution in [0, 0.1) is 6.92 Å². The predicted octanol–water partition coefficient (Wildman–Crippen LogP) is 2.78. The van der Waals surface area contributed by atoms with Crippen LogP contribution in [0.3, 0.4) is 0 Å². The lowest BCUT2D eigenvalue weighted by atomic mass is 10.2. The minimum absolute atomic E-state index is 0.298. The molecule has 0 spiro atoms. The molecule has 0 aliphatic heterocycles. The van der Waals surface area contributed by atoms with Gasteiger partial charge in [-0.1, -0.05) is 35.9 Å². The van der Waals surface area contributed by atoms with E-state index in [-0.39, 0.29) is 5.91 Å². The maximum atomic E-state index is 12.0. The first-order valence-corrected chi connectivity index (χ1v) is 7.60. The van der Waals surface area contributed by atoms with Gasteiger partial charge in [-0.05, 0) is 50.3 Å². The summed E-state index contributed by atoms with van der Waals surface area (Å²) < 4.78 is 5.57. The summed E-state index contributed by atoms with van der Waals surface area (Å²) >= 11 is 5.11. The van der Waals surface area contributed by atoms with Crippen LogP contribution in [0.1, 0.15) is 12.5 Å². The van der Waals surface area contributed by atoms with Gasteiger partial charge in [-0.15, -0.1) is 0 Å². The second-order valence-corrected chi connectivity index (χ2v) is 5.42. The van der Waals surface area contributed by atoms with Crippen LogP contribution in [-0.2, 0) is 4.79 Å². The van der Waals surface area contributed by atoms with E-state index in [0.717, 1.165) is 11.3 Å². The van der Waals surface area contributed by atoms with Crippen molar-refractivity contribution in [3.8, 4) is 5.75 Å². The summed E-state index contributed by atoms with van der Waals surface area (Å²) in [4.78, 5) is 12.0. The second kappa shape index (κ2) is 8.14. The minimum atomic E-state index is -0.648. The molecule has 2 aromatic rings. The first-order chi connectivity index (χ1) is 11.0. The molecule has 1 atom stereocenters. The number of amides is 1. The van der Waals surface area contributed by atoms with Crippen molar-refractivity contribution in [2.24, 2.45) is 0 Å². The molecule has 0 saturated carbocycles. The van der Waals surface area contributed by atoms with Crippen LogP contribution in [0.15, 0.2) is 54.6 Å². The van der Waals surface area contributed by atoms with Crippen LogP contribution in [-0.4, -0.2) is 17.1 Å². The molecule has 0 aliphatic rings. The molecule has 0 saturated heterocycles. The molecule has 2 aromatic carbocycles. The van der Waals surface area contributed by atoms with Crippen molar-refractivity contribution in [3.05, 3.63) is 60.2 Å². The number of nitrogens with one attached hydrogen (secondary N) is 3. The van der Waals surface area contributed by atoms with Gasteiger partial charge in [0.05, 0.1) is 0 Å². The average molecular weight is 329 g/mol. The molecular formula is C17H19N3O2S. The number of aryl methyl sites for hydroxylation is 1. The van der Waals surface area contributed by atoms with E-state index in [1.54, 1.807) is 6.92 Å². The summed E-state index contributed by atoms with van der Waals surface area (Å²) in [6.45, 7) is 3.66. The van der Waals surface area contributed by atoms with Crippen molar-refractivity contribution < 1.29 is 9.53 Å². The topological polar surface area (TPSA) is 62.4 Å². The number of hydrazine groups is 1. The van der Waals surface area contributed by atoms with Crippen molar-refractivity contribution >= 4 is 28.9 Å². The summed E-state index contributed by atoms with van der Waals surface area (Å²) in [6.07, 6.45) is -0.648. The SMILES string of the molecule is Cc1ccc(O[C@@H](C)C(=O)NNC(=S)Nc2ccccc2)cc1. The van der Waals surface area contributed by atoms with E-state index in [1.165, 1.54) is 0 Å². The predicted molar refractivity (Wildman–Crippen MR) is 95.2 cm³/mol. The summed E-state index contributed by atoms with van der Waals surface area (Å²) in [5, 5.41) is 3.26. The van der Waals surface area contributed by atoms with Crippen molar-refractivity contribution in [2.45, 2.75) is 20.0 Å². The molecule has 120 valence electrons. The molecular weight excluding hydrogens is 310 g/mol. The van der Waals surface area contributed by atoms with Gasteiger partial charge in [0.25, 0.3) is 5.91 Å². The van der Waals surface area contributed by atoms with Crippen molar-refractivity contribution in [2.75, 3.05) is 5.32 Å². The Bertz CT molecular complexity index is 659. The number of carbonyl (C=O) groups is 1. The number of para-hydroxylation sites is 1. The van der Waals surface area contributed by atoms with Crippen LogP contribution >= 0.6 is 12.2 Å². The third-order valence-electron chi connectivity index (χ3n) is 3.03. The molecule has 0 unspecified atom stereocenters. The van der Waals surface area contributed by atoms with E-state index < -0.39 is 6.10 Å². The number of ether oxygens (including phenoxy) is 1. The normalized spacial score (nSPS) is 11.2. The maximum Gasteiger partial charge on any atom is 0.279 e. The summed E-state index contributed by atoms with van der Waals surface area (Å²) in [5.41, 5.74) is 7.13. The van der Waals surface area contributed by atoms with Gasteiger partial charge in [-0.3, -0.25) is 15.6 Å². The van der Waals surface area contributed by atoms with E-state index in [1.807, 2.05) is 61.5 Å². The smallest absolute Gasteiger partial charge is 0.279 e. The third-order valence-corrected chi connectivity index (χ3v) is 3.24. The zero-order valence-electron chi connectivity index (χ0n) is 13.0. The standard InChI is InChI=1S/C17H19N3O2S/c1-12-8-10-15(11-9-12)22-13(2)16(21)19-20-17(23)18-14-6-4-3-5-7-14/h3-11,13H,1-2H3,(H,19,21)(H2,18,20,23)/t13-/m0/s1. The molecule has 0 fully saturated rings. The molecule has 6 heteroatoms. The van der Waals surface area contributed by atoms with Crippen LogP contribution in [0.5, 0.6) is 5.75 Å². The van der Waals surface area contributed by atoms with E-state index in [2.05, 4.69) is 16.2 Å². The lowest BCUT2D eigenvalue weighted by Gasteiger charge is -2.16. The zero-order valence-corrected chi connectivity index (χ0v) is 13.8. The lowest BCUT2D eigenvalue weighted by molar-refractivity contribution is -0.127. The van der Waals surface area contributed by atoms with Crippen LogP contribution in [0.2, 0.25) is 0 Å². The average Bonchev–Trinajstić information content (AvgIpc) is 2.55. The molecule has 3 N–H and O–H groups in total. The number of thiocarbonyl (C=S) groups is 1. The summed E-state index contributed by atoms with van der Waals surface area (Å²) in [7, 11) is 0. The van der Waals surface area contributed by atoms with Crippen LogP contribution in [0.25, 0.3) is 0 Å². The highest BCUT2D eigenvalue weighted by molar-refractivity contribution is 7.80. The van der Waals surface area contributed by atoms with E-state index in [4.69, 9.17) is 17.0 Å². The Hall–Kier alpha value is -2.60. The number of hydrogen-bond donors (Lipinski definition) is 3. The Morgan fingerprint density at radius 2 is 1.70 bits per heavy atom. The quantitative estimate of drug-likeness (QED) is 0.595. The zero-order chi connectivity index (χ0) is 16.7. The first-order valence-electron chi connectivity index (χ1n) is 7.20. The van der Waals surface area contributed by atoms with Gasteiger partial charge in [0, 0.05) is 5.69 Å². The molecule has 2 rings (SSSR count). The van der Waals surface area contributed by atoms with Gasteiger partial charge < -0.3 is 10.1 Å². The van der Waals surface area contributed by atoms with Gasteiger partial charge in [0.15, 0.2) is 11.2 Å². The highest BCUT2D eigenvalue weighted by atomic mass is 32.1. The Kier molecular flexibility index (Phi) is 5.94. The Morgan fingerprint density at radius 1 is 1.04 bits per heavy atom. The Balaban J connectivity index is 1.77. The molecule has 5 nitrogen and oxygen atoms in total. The molecule has 0 radical (unpaired) electrons. The van der Waals surface area contributed by atoms with Gasteiger partial charge in [-0.2, -0.15) is 0 Å². The number of rotatable bonds is 4. The van der Waals surface area contributed by atoms with Gasteiger partial charge in [0.1, 0.15) is 5.75 Å². The molecule has 0 aliphatic carbocycles. The first kappa shape index (κ1) is 16.8. The molecule has 0 bridgehead atoms. The third kappa shape index (κ3) is 5.60. The number of benzene rings is 2. The second-order valence-electron chi connectivity index (χ2n) is 5.01. The fourth-order valence-corrected chi connectivity index (χ4v) is 1.95. The molecule has 0 aromatic heterocycles. The highest BCUT2D eigenvalue weighted by Crippen LogP contribution is 2.13. The monoisotopic (exact) mass is 329 g/mol.